The molecule has 0 aliphatic carbocycles. The van der Waals surface area contributed by atoms with Crippen LogP contribution in [0.3, 0.4) is 0 Å². The topological polar surface area (TPSA) is 38.9 Å². The van der Waals surface area contributed by atoms with Crippen molar-refractivity contribution in [3.63, 3.8) is 0 Å². The Hall–Kier alpha value is -1.75. The van der Waals surface area contributed by atoms with Crippen molar-refractivity contribution >= 4 is 17.4 Å². The van der Waals surface area contributed by atoms with E-state index in [1.165, 1.54) is 6.20 Å². The molecular formula is C12H8ClF3N2. The lowest BCUT2D eigenvalue weighted by atomic mass is 10.1. The Morgan fingerprint density at radius 3 is 2.22 bits per heavy atom. The smallest absolute Gasteiger partial charge is 0.383 e. The number of anilines is 1. The van der Waals surface area contributed by atoms with Crippen LogP contribution in [-0.4, -0.2) is 4.98 Å². The number of halogens is 4. The number of nitrogens with two attached hydrogens (primary N) is 1. The number of nitrogen functional groups attached to an aromatic ring is 1. The van der Waals surface area contributed by atoms with Gasteiger partial charge < -0.3 is 5.73 Å². The van der Waals surface area contributed by atoms with Crippen LogP contribution in [0.4, 0.5) is 19.0 Å². The Morgan fingerprint density at radius 2 is 1.67 bits per heavy atom. The van der Waals surface area contributed by atoms with Gasteiger partial charge in [-0.3, -0.25) is 0 Å². The molecule has 0 fully saturated rings. The summed E-state index contributed by atoms with van der Waals surface area (Å²) in [5.41, 5.74) is 5.23. The maximum absolute atomic E-state index is 12.7. The molecule has 0 radical (unpaired) electrons. The van der Waals surface area contributed by atoms with Crippen molar-refractivity contribution in [2.45, 2.75) is 6.18 Å². The molecule has 1 aromatic heterocycles. The fourth-order valence-corrected chi connectivity index (χ4v) is 1.63. The lowest BCUT2D eigenvalue weighted by molar-refractivity contribution is -0.137. The number of alkyl halides is 3. The van der Waals surface area contributed by atoms with Gasteiger partial charge in [0, 0.05) is 16.8 Å². The third-order valence-electron chi connectivity index (χ3n) is 2.40. The second-order valence-corrected chi connectivity index (χ2v) is 4.10. The molecule has 0 saturated heterocycles. The molecule has 2 nitrogen and oxygen atoms in total. The molecule has 0 atom stereocenters. The van der Waals surface area contributed by atoms with E-state index in [-0.39, 0.29) is 0 Å². The number of benzene rings is 1. The van der Waals surface area contributed by atoms with Crippen LogP contribution < -0.4 is 5.73 Å². The van der Waals surface area contributed by atoms with Gasteiger partial charge in [0.05, 0.1) is 5.56 Å². The number of rotatable bonds is 1. The fourth-order valence-electron chi connectivity index (χ4n) is 1.50. The number of hydrogen-bond acceptors (Lipinski definition) is 2. The Morgan fingerprint density at radius 1 is 1.06 bits per heavy atom. The van der Waals surface area contributed by atoms with E-state index in [9.17, 15) is 13.2 Å². The van der Waals surface area contributed by atoms with Gasteiger partial charge in [-0.15, -0.1) is 0 Å². The van der Waals surface area contributed by atoms with E-state index in [0.29, 0.717) is 16.1 Å². The lowest BCUT2D eigenvalue weighted by Gasteiger charge is -2.11. The van der Waals surface area contributed by atoms with Gasteiger partial charge in [0.25, 0.3) is 0 Å². The summed E-state index contributed by atoms with van der Waals surface area (Å²) in [5.74, 6) is -0.528. The number of pyridine rings is 1. The molecule has 2 rings (SSSR count). The van der Waals surface area contributed by atoms with Crippen LogP contribution >= 0.6 is 11.6 Å². The van der Waals surface area contributed by atoms with Crippen LogP contribution in [0.2, 0.25) is 5.02 Å². The lowest BCUT2D eigenvalue weighted by Crippen LogP contribution is -2.10. The fraction of sp³-hybridized carbons (Fsp3) is 0.0833. The van der Waals surface area contributed by atoms with E-state index < -0.39 is 17.6 Å². The molecule has 0 aliphatic rings. The largest absolute Gasteiger partial charge is 0.419 e. The first-order chi connectivity index (χ1) is 8.38. The molecule has 0 unspecified atom stereocenters. The quantitative estimate of drug-likeness (QED) is 0.852. The SMILES string of the molecule is Nc1ncc(-c2ccc(Cl)cc2)cc1C(F)(F)F. The molecule has 0 spiro atoms. The number of hydrogen-bond donors (Lipinski definition) is 1. The Labute approximate surface area is 106 Å². The molecule has 0 amide bonds. The highest BCUT2D eigenvalue weighted by atomic mass is 35.5. The maximum Gasteiger partial charge on any atom is 0.419 e. The van der Waals surface area contributed by atoms with E-state index in [4.69, 9.17) is 17.3 Å². The van der Waals surface area contributed by atoms with E-state index in [2.05, 4.69) is 4.98 Å². The van der Waals surface area contributed by atoms with Crippen LogP contribution in [0.5, 0.6) is 0 Å². The van der Waals surface area contributed by atoms with Gasteiger partial charge >= 0.3 is 6.18 Å². The third-order valence-corrected chi connectivity index (χ3v) is 2.65. The summed E-state index contributed by atoms with van der Waals surface area (Å²) in [4.78, 5) is 3.57. The zero-order valence-corrected chi connectivity index (χ0v) is 9.76. The Bertz CT molecular complexity index is 565. The molecule has 18 heavy (non-hydrogen) atoms. The van der Waals surface area contributed by atoms with Gasteiger partial charge in [-0.05, 0) is 23.8 Å². The predicted octanol–water partition coefficient (Wildman–Crippen LogP) is 4.00. The number of nitrogens with zero attached hydrogens (tertiary/aromatic N) is 1. The van der Waals surface area contributed by atoms with E-state index in [1.54, 1.807) is 24.3 Å². The van der Waals surface area contributed by atoms with Gasteiger partial charge in [0.1, 0.15) is 5.82 Å². The van der Waals surface area contributed by atoms with Gasteiger partial charge in [-0.1, -0.05) is 23.7 Å². The van der Waals surface area contributed by atoms with E-state index in [0.717, 1.165) is 6.07 Å². The van der Waals surface area contributed by atoms with Gasteiger partial charge in [0.15, 0.2) is 0 Å². The number of aromatic nitrogens is 1. The van der Waals surface area contributed by atoms with Crippen molar-refractivity contribution in [1.82, 2.24) is 4.98 Å². The molecule has 2 aromatic rings. The molecule has 0 saturated carbocycles. The first-order valence-corrected chi connectivity index (χ1v) is 5.34. The first-order valence-electron chi connectivity index (χ1n) is 4.96. The summed E-state index contributed by atoms with van der Waals surface area (Å²) < 4.78 is 38.0. The Kier molecular flexibility index (Phi) is 3.17. The van der Waals surface area contributed by atoms with E-state index in [1.807, 2.05) is 0 Å². The van der Waals surface area contributed by atoms with Crippen LogP contribution in [0.15, 0.2) is 36.5 Å². The minimum Gasteiger partial charge on any atom is -0.383 e. The second kappa shape index (κ2) is 4.49. The molecule has 94 valence electrons. The van der Waals surface area contributed by atoms with Crippen molar-refractivity contribution in [3.05, 3.63) is 47.1 Å². The summed E-state index contributed by atoms with van der Waals surface area (Å²) in [6.07, 6.45) is -3.21. The molecule has 1 aromatic carbocycles. The van der Waals surface area contributed by atoms with Crippen molar-refractivity contribution in [3.8, 4) is 11.1 Å². The highest BCUT2D eigenvalue weighted by molar-refractivity contribution is 6.30. The zero-order valence-electron chi connectivity index (χ0n) is 9.00. The zero-order chi connectivity index (χ0) is 13.3. The minimum atomic E-state index is -4.51. The van der Waals surface area contributed by atoms with Crippen molar-refractivity contribution in [2.75, 3.05) is 5.73 Å². The molecule has 0 aliphatic heterocycles. The summed E-state index contributed by atoms with van der Waals surface area (Å²) in [6, 6.07) is 7.41. The van der Waals surface area contributed by atoms with Crippen LogP contribution in [-0.2, 0) is 6.18 Å². The summed E-state index contributed by atoms with van der Waals surface area (Å²) in [6.45, 7) is 0. The van der Waals surface area contributed by atoms with Gasteiger partial charge in [0.2, 0.25) is 0 Å². The average molecular weight is 273 g/mol. The summed E-state index contributed by atoms with van der Waals surface area (Å²) in [7, 11) is 0. The highest BCUT2D eigenvalue weighted by Gasteiger charge is 2.34. The van der Waals surface area contributed by atoms with Gasteiger partial charge in [-0.25, -0.2) is 4.98 Å². The van der Waals surface area contributed by atoms with Crippen LogP contribution in [0, 0.1) is 0 Å². The maximum atomic E-state index is 12.7. The summed E-state index contributed by atoms with van der Waals surface area (Å²) in [5, 5.41) is 0.512. The monoisotopic (exact) mass is 272 g/mol. The van der Waals surface area contributed by atoms with Crippen molar-refractivity contribution in [1.29, 1.82) is 0 Å². The Balaban J connectivity index is 2.50. The second-order valence-electron chi connectivity index (χ2n) is 3.66. The van der Waals surface area contributed by atoms with Gasteiger partial charge in [-0.2, -0.15) is 13.2 Å². The average Bonchev–Trinajstić information content (AvgIpc) is 2.29. The van der Waals surface area contributed by atoms with E-state index >= 15 is 0 Å². The molecule has 6 heteroatoms. The molecular weight excluding hydrogens is 265 g/mol. The normalized spacial score (nSPS) is 11.6. The van der Waals surface area contributed by atoms with Crippen molar-refractivity contribution < 1.29 is 13.2 Å². The third kappa shape index (κ3) is 2.56. The molecule has 0 bridgehead atoms. The first kappa shape index (κ1) is 12.7. The van der Waals surface area contributed by atoms with Crippen molar-refractivity contribution in [2.24, 2.45) is 0 Å². The highest BCUT2D eigenvalue weighted by Crippen LogP contribution is 2.35. The van der Waals surface area contributed by atoms with Crippen LogP contribution in [0.1, 0.15) is 5.56 Å². The molecule has 1 heterocycles. The van der Waals surface area contributed by atoms with Crippen LogP contribution in [0.25, 0.3) is 11.1 Å². The minimum absolute atomic E-state index is 0.341. The predicted molar refractivity (Wildman–Crippen MR) is 64.1 cm³/mol. The molecule has 2 N–H and O–H groups in total. The summed E-state index contributed by atoms with van der Waals surface area (Å²) >= 11 is 5.71. The standard InChI is InChI=1S/C12H8ClF3N2/c13-9-3-1-7(2-4-9)8-5-10(12(14,15)16)11(17)18-6-8/h1-6H,(H2,17,18).